The summed E-state index contributed by atoms with van der Waals surface area (Å²) < 4.78 is 0. The summed E-state index contributed by atoms with van der Waals surface area (Å²) >= 11 is 0. The molecule has 0 unspecified atom stereocenters. The summed E-state index contributed by atoms with van der Waals surface area (Å²) in [6.07, 6.45) is 9.08. The Morgan fingerprint density at radius 3 is 2.61 bits per heavy atom. The van der Waals surface area contributed by atoms with Gasteiger partial charge in [0.1, 0.15) is 0 Å². The van der Waals surface area contributed by atoms with Gasteiger partial charge in [-0.15, -0.1) is 0 Å². The van der Waals surface area contributed by atoms with Crippen LogP contribution in [0, 0.1) is 5.41 Å². The van der Waals surface area contributed by atoms with E-state index in [9.17, 15) is 0 Å². The fraction of sp³-hybridized carbons (Fsp3) is 0.778. The summed E-state index contributed by atoms with van der Waals surface area (Å²) in [5.74, 6) is 0.870. The van der Waals surface area contributed by atoms with E-state index in [0.717, 1.165) is 51.3 Å². The molecule has 3 rings (SSSR count). The minimum atomic E-state index is 0.525. The highest BCUT2D eigenvalue weighted by Gasteiger charge is 2.27. The highest BCUT2D eigenvalue weighted by molar-refractivity contribution is 5.29. The molecule has 1 saturated carbocycles. The molecule has 1 aromatic heterocycles. The number of nitrogens with zero attached hydrogens (tertiary/aromatic N) is 4. The van der Waals surface area contributed by atoms with Gasteiger partial charge in [0.15, 0.2) is 0 Å². The molecule has 2 aliphatic rings. The van der Waals surface area contributed by atoms with Crippen LogP contribution in [0.15, 0.2) is 18.5 Å². The molecule has 5 nitrogen and oxygen atoms in total. The summed E-state index contributed by atoms with van der Waals surface area (Å²) in [6, 6.07) is 2.59. The van der Waals surface area contributed by atoms with Crippen LogP contribution in [0.25, 0.3) is 0 Å². The van der Waals surface area contributed by atoms with Crippen molar-refractivity contribution >= 4 is 5.95 Å². The molecule has 2 heterocycles. The molecule has 1 aromatic rings. The van der Waals surface area contributed by atoms with Crippen LogP contribution in [0.1, 0.15) is 39.5 Å². The van der Waals surface area contributed by atoms with Crippen molar-refractivity contribution in [2.45, 2.75) is 45.6 Å². The van der Waals surface area contributed by atoms with Crippen molar-refractivity contribution in [1.29, 1.82) is 0 Å². The molecule has 0 bridgehead atoms. The minimum absolute atomic E-state index is 0.525. The average Bonchev–Trinajstić information content (AvgIpc) is 2.55. The lowest BCUT2D eigenvalue weighted by atomic mass is 9.75. The Hall–Kier alpha value is -1.20. The molecule has 1 N–H and O–H groups in total. The summed E-state index contributed by atoms with van der Waals surface area (Å²) in [6.45, 7) is 11.4. The maximum absolute atomic E-state index is 4.35. The fourth-order valence-electron chi connectivity index (χ4n) is 3.93. The first-order valence-corrected chi connectivity index (χ1v) is 9.10. The number of hydrogen-bond acceptors (Lipinski definition) is 5. The molecule has 0 aromatic carbocycles. The third-order valence-electron chi connectivity index (χ3n) is 5.27. The van der Waals surface area contributed by atoms with Gasteiger partial charge in [0.2, 0.25) is 5.95 Å². The van der Waals surface area contributed by atoms with E-state index in [0.29, 0.717) is 5.41 Å². The van der Waals surface area contributed by atoms with E-state index in [2.05, 4.69) is 38.9 Å². The Labute approximate surface area is 140 Å². The number of aromatic nitrogens is 2. The maximum Gasteiger partial charge on any atom is 0.225 e. The quantitative estimate of drug-likeness (QED) is 0.901. The first kappa shape index (κ1) is 16.7. The van der Waals surface area contributed by atoms with Crippen LogP contribution in [-0.2, 0) is 0 Å². The van der Waals surface area contributed by atoms with Crippen molar-refractivity contribution in [1.82, 2.24) is 20.2 Å². The third-order valence-corrected chi connectivity index (χ3v) is 5.27. The molecule has 5 heteroatoms. The monoisotopic (exact) mass is 317 g/mol. The maximum atomic E-state index is 4.35. The molecule has 1 atom stereocenters. The lowest BCUT2D eigenvalue weighted by Gasteiger charge is -2.37. The van der Waals surface area contributed by atoms with Crippen molar-refractivity contribution in [2.24, 2.45) is 5.41 Å². The highest BCUT2D eigenvalue weighted by atomic mass is 15.3. The molecule has 23 heavy (non-hydrogen) atoms. The summed E-state index contributed by atoms with van der Waals surface area (Å²) in [4.78, 5) is 13.5. The van der Waals surface area contributed by atoms with Crippen LogP contribution < -0.4 is 10.2 Å². The van der Waals surface area contributed by atoms with Crippen LogP contribution in [-0.4, -0.2) is 60.2 Å². The normalized spacial score (nSPS) is 25.5. The predicted molar refractivity (Wildman–Crippen MR) is 94.7 cm³/mol. The van der Waals surface area contributed by atoms with Gasteiger partial charge in [-0.25, -0.2) is 9.97 Å². The number of anilines is 1. The van der Waals surface area contributed by atoms with E-state index >= 15 is 0 Å². The van der Waals surface area contributed by atoms with Crippen molar-refractivity contribution in [2.75, 3.05) is 44.2 Å². The van der Waals surface area contributed by atoms with Gasteiger partial charge in [-0.05, 0) is 30.7 Å². The smallest absolute Gasteiger partial charge is 0.225 e. The SMILES string of the molecule is CC1(C)CCC[C@H](NCCN2CCN(c3ncccn3)CC2)C1. The molecule has 128 valence electrons. The van der Waals surface area contributed by atoms with Crippen molar-refractivity contribution in [3.05, 3.63) is 18.5 Å². The zero-order chi connectivity index (χ0) is 16.1. The zero-order valence-electron chi connectivity index (χ0n) is 14.7. The molecule has 2 fully saturated rings. The van der Waals surface area contributed by atoms with E-state index in [-0.39, 0.29) is 0 Å². The highest BCUT2D eigenvalue weighted by Crippen LogP contribution is 2.34. The molecular formula is C18H31N5. The van der Waals surface area contributed by atoms with Crippen molar-refractivity contribution in [3.8, 4) is 0 Å². The molecule has 0 radical (unpaired) electrons. The Morgan fingerprint density at radius 1 is 1.17 bits per heavy atom. The largest absolute Gasteiger partial charge is 0.338 e. The van der Waals surface area contributed by atoms with E-state index in [1.54, 1.807) is 0 Å². The van der Waals surface area contributed by atoms with Crippen LogP contribution in [0.4, 0.5) is 5.95 Å². The minimum Gasteiger partial charge on any atom is -0.338 e. The number of piperazine rings is 1. The second kappa shape index (κ2) is 7.58. The van der Waals surface area contributed by atoms with Gasteiger partial charge in [-0.2, -0.15) is 0 Å². The van der Waals surface area contributed by atoms with Gasteiger partial charge in [-0.1, -0.05) is 20.3 Å². The van der Waals surface area contributed by atoms with Gasteiger partial charge in [0, 0.05) is 57.7 Å². The summed E-state index contributed by atoms with van der Waals surface area (Å²) in [5.41, 5.74) is 0.525. The fourth-order valence-corrected chi connectivity index (χ4v) is 3.93. The first-order valence-electron chi connectivity index (χ1n) is 9.10. The topological polar surface area (TPSA) is 44.3 Å². The van der Waals surface area contributed by atoms with Gasteiger partial charge >= 0.3 is 0 Å². The molecule has 1 saturated heterocycles. The standard InChI is InChI=1S/C18H31N5/c1-18(2)6-3-5-16(15-18)19-9-10-22-11-13-23(14-12-22)17-20-7-4-8-21-17/h4,7-8,16,19H,3,5-6,9-15H2,1-2H3/t16-/m0/s1. The first-order chi connectivity index (χ1) is 11.1. The van der Waals surface area contributed by atoms with E-state index < -0.39 is 0 Å². The Kier molecular flexibility index (Phi) is 5.49. The van der Waals surface area contributed by atoms with Crippen LogP contribution in [0.5, 0.6) is 0 Å². The second-order valence-corrected chi connectivity index (χ2v) is 7.79. The lowest BCUT2D eigenvalue weighted by molar-refractivity contribution is 0.189. The predicted octanol–water partition coefficient (Wildman–Crippen LogP) is 2.16. The second-order valence-electron chi connectivity index (χ2n) is 7.79. The van der Waals surface area contributed by atoms with Crippen LogP contribution in [0.3, 0.4) is 0 Å². The Morgan fingerprint density at radius 2 is 1.91 bits per heavy atom. The Balaban J connectivity index is 1.35. The molecule has 0 amide bonds. The van der Waals surface area contributed by atoms with Gasteiger partial charge < -0.3 is 10.2 Å². The Bertz CT molecular complexity index is 468. The summed E-state index contributed by atoms with van der Waals surface area (Å²) in [5, 5.41) is 3.79. The zero-order valence-corrected chi connectivity index (χ0v) is 14.7. The van der Waals surface area contributed by atoms with Gasteiger partial charge in [0.25, 0.3) is 0 Å². The van der Waals surface area contributed by atoms with E-state index in [1.165, 1.54) is 25.7 Å². The van der Waals surface area contributed by atoms with Gasteiger partial charge in [-0.3, -0.25) is 4.90 Å². The van der Waals surface area contributed by atoms with E-state index in [1.807, 2.05) is 18.5 Å². The average molecular weight is 317 g/mol. The number of nitrogens with one attached hydrogen (secondary N) is 1. The van der Waals surface area contributed by atoms with Crippen molar-refractivity contribution in [3.63, 3.8) is 0 Å². The molecule has 0 spiro atoms. The van der Waals surface area contributed by atoms with Gasteiger partial charge in [0.05, 0.1) is 0 Å². The summed E-state index contributed by atoms with van der Waals surface area (Å²) in [7, 11) is 0. The number of hydrogen-bond donors (Lipinski definition) is 1. The van der Waals surface area contributed by atoms with Crippen molar-refractivity contribution < 1.29 is 0 Å². The third kappa shape index (κ3) is 4.88. The van der Waals surface area contributed by atoms with E-state index in [4.69, 9.17) is 0 Å². The van der Waals surface area contributed by atoms with Crippen LogP contribution in [0.2, 0.25) is 0 Å². The lowest BCUT2D eigenvalue weighted by Crippen LogP contribution is -2.49. The number of rotatable bonds is 5. The van der Waals surface area contributed by atoms with Crippen LogP contribution >= 0.6 is 0 Å². The molecule has 1 aliphatic heterocycles. The molecule has 1 aliphatic carbocycles. The molecular weight excluding hydrogens is 286 g/mol.